The minimum absolute atomic E-state index is 0.458. The highest BCUT2D eigenvalue weighted by molar-refractivity contribution is 4.67. The molecule has 0 aromatic carbocycles. The van der Waals surface area contributed by atoms with Gasteiger partial charge in [-0.3, -0.25) is 0 Å². The third-order valence-electron chi connectivity index (χ3n) is 0.872. The molecule has 0 spiro atoms. The zero-order chi connectivity index (χ0) is 5.82. The third kappa shape index (κ3) is 1.43. The van der Waals surface area contributed by atoms with Gasteiger partial charge in [0.2, 0.25) is 0 Å². The molecule has 0 saturated carbocycles. The van der Waals surface area contributed by atoms with Crippen molar-refractivity contribution in [2.24, 2.45) is 0 Å². The van der Waals surface area contributed by atoms with Gasteiger partial charge in [0, 0.05) is 7.11 Å². The summed E-state index contributed by atoms with van der Waals surface area (Å²) in [6.07, 6.45) is 0.604. The first-order chi connectivity index (χ1) is 3.93. The normalized spacial score (nSPS) is 22.1. The van der Waals surface area contributed by atoms with Crippen molar-refractivity contribution >= 4 is 0 Å². The van der Waals surface area contributed by atoms with Crippen LogP contribution in [0.4, 0.5) is 0 Å². The summed E-state index contributed by atoms with van der Waals surface area (Å²) < 4.78 is 14.7. The van der Waals surface area contributed by atoms with Crippen LogP contribution in [-0.2, 0) is 14.2 Å². The summed E-state index contributed by atoms with van der Waals surface area (Å²) in [6, 6.07) is 0. The topological polar surface area (TPSA) is 27.7 Å². The second kappa shape index (κ2) is 3.02. The van der Waals surface area contributed by atoms with Crippen molar-refractivity contribution in [3.05, 3.63) is 6.29 Å². The number of methoxy groups -OCH3 is 1. The SMILES string of the molecule is COC[C]1OCCO1. The van der Waals surface area contributed by atoms with Gasteiger partial charge in [-0.25, -0.2) is 0 Å². The van der Waals surface area contributed by atoms with Gasteiger partial charge in [0.15, 0.2) is 0 Å². The van der Waals surface area contributed by atoms with E-state index in [0.29, 0.717) is 26.1 Å². The lowest BCUT2D eigenvalue weighted by atomic mass is 10.7. The Bertz CT molecular complexity index is 58.7. The van der Waals surface area contributed by atoms with Gasteiger partial charge in [-0.1, -0.05) is 0 Å². The van der Waals surface area contributed by atoms with Gasteiger partial charge >= 0.3 is 0 Å². The Labute approximate surface area is 48.5 Å². The van der Waals surface area contributed by atoms with Crippen LogP contribution in [0.25, 0.3) is 0 Å². The van der Waals surface area contributed by atoms with Gasteiger partial charge < -0.3 is 14.2 Å². The predicted molar refractivity (Wildman–Crippen MR) is 27.0 cm³/mol. The summed E-state index contributed by atoms with van der Waals surface area (Å²) in [5.41, 5.74) is 0. The molecule has 1 fully saturated rings. The summed E-state index contributed by atoms with van der Waals surface area (Å²) in [6.45, 7) is 1.79. The van der Waals surface area contributed by atoms with E-state index in [4.69, 9.17) is 14.2 Å². The van der Waals surface area contributed by atoms with Crippen molar-refractivity contribution in [2.45, 2.75) is 0 Å². The Hall–Kier alpha value is -0.120. The van der Waals surface area contributed by atoms with Crippen LogP contribution in [0.15, 0.2) is 0 Å². The van der Waals surface area contributed by atoms with Gasteiger partial charge in [-0.15, -0.1) is 0 Å². The second-order valence-electron chi connectivity index (χ2n) is 1.50. The fourth-order valence-electron chi connectivity index (χ4n) is 0.554. The fraction of sp³-hybridized carbons (Fsp3) is 0.800. The Balaban J connectivity index is 2.06. The van der Waals surface area contributed by atoms with Crippen LogP contribution < -0.4 is 0 Å². The Morgan fingerprint density at radius 2 is 2.12 bits per heavy atom. The molecule has 0 bridgehead atoms. The van der Waals surface area contributed by atoms with E-state index in [-0.39, 0.29) is 0 Å². The molecule has 47 valence electrons. The van der Waals surface area contributed by atoms with E-state index in [9.17, 15) is 0 Å². The minimum atomic E-state index is 0.458. The summed E-state index contributed by atoms with van der Waals surface area (Å²) in [7, 11) is 1.61. The summed E-state index contributed by atoms with van der Waals surface area (Å²) >= 11 is 0. The van der Waals surface area contributed by atoms with Crippen LogP contribution in [0, 0.1) is 6.29 Å². The van der Waals surface area contributed by atoms with Crippen molar-refractivity contribution in [3.8, 4) is 0 Å². The van der Waals surface area contributed by atoms with Crippen LogP contribution >= 0.6 is 0 Å². The summed E-state index contributed by atoms with van der Waals surface area (Å²) in [5.74, 6) is 0. The molecule has 3 nitrogen and oxygen atoms in total. The first-order valence-corrected chi connectivity index (χ1v) is 2.54. The molecule has 1 radical (unpaired) electrons. The van der Waals surface area contributed by atoms with Gasteiger partial charge in [0.1, 0.15) is 6.61 Å². The standard InChI is InChI=1S/C5H9O3/c1-6-4-5-7-2-3-8-5/h2-4H2,1H3. The molecule has 0 amide bonds. The van der Waals surface area contributed by atoms with Crippen molar-refractivity contribution < 1.29 is 14.2 Å². The predicted octanol–water partition coefficient (Wildman–Crippen LogP) is 0.169. The van der Waals surface area contributed by atoms with Crippen molar-refractivity contribution in [3.63, 3.8) is 0 Å². The fourth-order valence-corrected chi connectivity index (χ4v) is 0.554. The highest BCUT2D eigenvalue weighted by Gasteiger charge is 2.16. The molecule has 1 saturated heterocycles. The molecule has 0 aromatic rings. The zero-order valence-corrected chi connectivity index (χ0v) is 4.85. The average Bonchev–Trinajstić information content (AvgIpc) is 2.19. The molecular formula is C5H9O3. The Morgan fingerprint density at radius 1 is 1.50 bits per heavy atom. The number of ether oxygens (including phenoxy) is 3. The summed E-state index contributed by atoms with van der Waals surface area (Å²) in [4.78, 5) is 0. The lowest BCUT2D eigenvalue weighted by Gasteiger charge is -2.02. The molecule has 1 heterocycles. The van der Waals surface area contributed by atoms with Crippen LogP contribution in [-0.4, -0.2) is 26.9 Å². The molecule has 8 heavy (non-hydrogen) atoms. The molecule has 3 heteroatoms. The molecule has 0 aromatic heterocycles. The van der Waals surface area contributed by atoms with Crippen LogP contribution in [0.1, 0.15) is 0 Å². The number of hydrogen-bond donors (Lipinski definition) is 0. The molecule has 0 unspecified atom stereocenters. The first kappa shape index (κ1) is 6.01. The molecule has 1 rings (SSSR count). The smallest absolute Gasteiger partial charge is 0.250 e. The van der Waals surface area contributed by atoms with E-state index in [1.807, 2.05) is 0 Å². The maximum Gasteiger partial charge on any atom is 0.250 e. The largest absolute Gasteiger partial charge is 0.379 e. The monoisotopic (exact) mass is 117 g/mol. The van der Waals surface area contributed by atoms with E-state index in [1.54, 1.807) is 7.11 Å². The van der Waals surface area contributed by atoms with Crippen molar-refractivity contribution in [2.75, 3.05) is 26.9 Å². The number of rotatable bonds is 2. The molecule has 0 atom stereocenters. The highest BCUT2D eigenvalue weighted by atomic mass is 16.7. The molecule has 1 aliphatic heterocycles. The first-order valence-electron chi connectivity index (χ1n) is 2.54. The zero-order valence-electron chi connectivity index (χ0n) is 4.85. The van der Waals surface area contributed by atoms with Gasteiger partial charge in [0.05, 0.1) is 13.2 Å². The Morgan fingerprint density at radius 3 is 2.62 bits per heavy atom. The summed E-state index contributed by atoms with van der Waals surface area (Å²) in [5, 5.41) is 0. The quantitative estimate of drug-likeness (QED) is 0.516. The molecular weight excluding hydrogens is 108 g/mol. The molecule has 0 N–H and O–H groups in total. The van der Waals surface area contributed by atoms with E-state index in [2.05, 4.69) is 0 Å². The Kier molecular flexibility index (Phi) is 2.27. The van der Waals surface area contributed by atoms with E-state index >= 15 is 0 Å². The van der Waals surface area contributed by atoms with Gasteiger partial charge in [0.25, 0.3) is 6.29 Å². The second-order valence-corrected chi connectivity index (χ2v) is 1.50. The van der Waals surface area contributed by atoms with Crippen LogP contribution in [0.3, 0.4) is 0 Å². The van der Waals surface area contributed by atoms with E-state index in [1.165, 1.54) is 0 Å². The molecule has 1 aliphatic rings. The van der Waals surface area contributed by atoms with Gasteiger partial charge in [-0.05, 0) is 0 Å². The number of hydrogen-bond acceptors (Lipinski definition) is 3. The lowest BCUT2D eigenvalue weighted by molar-refractivity contribution is 0.0122. The van der Waals surface area contributed by atoms with Gasteiger partial charge in [-0.2, -0.15) is 0 Å². The molecule has 0 aliphatic carbocycles. The lowest BCUT2D eigenvalue weighted by Crippen LogP contribution is -2.04. The van der Waals surface area contributed by atoms with Crippen molar-refractivity contribution in [1.82, 2.24) is 0 Å². The van der Waals surface area contributed by atoms with E-state index < -0.39 is 0 Å². The van der Waals surface area contributed by atoms with Crippen LogP contribution in [0.5, 0.6) is 0 Å². The maximum absolute atomic E-state index is 4.96. The van der Waals surface area contributed by atoms with Crippen molar-refractivity contribution in [1.29, 1.82) is 0 Å². The van der Waals surface area contributed by atoms with E-state index in [0.717, 1.165) is 0 Å². The highest BCUT2D eigenvalue weighted by Crippen LogP contribution is 2.10. The van der Waals surface area contributed by atoms with Crippen LogP contribution in [0.2, 0.25) is 0 Å². The average molecular weight is 117 g/mol. The third-order valence-corrected chi connectivity index (χ3v) is 0.872. The minimum Gasteiger partial charge on any atom is -0.379 e. The maximum atomic E-state index is 4.96.